The zero-order valence-electron chi connectivity index (χ0n) is 9.52. The maximum Gasteiger partial charge on any atom is 0.0209 e. The summed E-state index contributed by atoms with van der Waals surface area (Å²) in [6.07, 6.45) is 4.59. The Labute approximate surface area is 81.8 Å². The molecule has 0 saturated carbocycles. The zero-order valence-corrected chi connectivity index (χ0v) is 9.52. The molecule has 0 radical (unpaired) electrons. The highest BCUT2D eigenvalue weighted by molar-refractivity contribution is 5.29. The van der Waals surface area contributed by atoms with E-state index in [0.717, 1.165) is 0 Å². The van der Waals surface area contributed by atoms with Crippen molar-refractivity contribution in [2.75, 3.05) is 0 Å². The smallest absolute Gasteiger partial charge is 0.0209 e. The van der Waals surface area contributed by atoms with Crippen LogP contribution in [-0.4, -0.2) is 4.57 Å². The van der Waals surface area contributed by atoms with Crippen molar-refractivity contribution in [3.8, 4) is 0 Å². The summed E-state index contributed by atoms with van der Waals surface area (Å²) in [6, 6.07) is 2.25. The molecule has 0 aliphatic heterocycles. The number of aromatic nitrogens is 1. The second kappa shape index (κ2) is 3.57. The van der Waals surface area contributed by atoms with Crippen molar-refractivity contribution in [2.45, 2.75) is 46.0 Å². The van der Waals surface area contributed by atoms with Crippen molar-refractivity contribution < 1.29 is 0 Å². The first kappa shape index (κ1) is 10.4. The number of rotatable bonds is 2. The molecule has 0 aromatic carbocycles. The molecule has 74 valence electrons. The molecule has 0 unspecified atom stereocenters. The van der Waals surface area contributed by atoms with Gasteiger partial charge in [0.2, 0.25) is 0 Å². The lowest BCUT2D eigenvalue weighted by Crippen LogP contribution is -2.14. The quantitative estimate of drug-likeness (QED) is 0.656. The maximum atomic E-state index is 2.28. The minimum Gasteiger partial charge on any atom is -0.354 e. The van der Waals surface area contributed by atoms with Gasteiger partial charge in [-0.2, -0.15) is 0 Å². The van der Waals surface area contributed by atoms with Crippen LogP contribution in [0.3, 0.4) is 0 Å². The highest BCUT2D eigenvalue weighted by atomic mass is 14.9. The topological polar surface area (TPSA) is 4.93 Å². The van der Waals surface area contributed by atoms with Crippen LogP contribution < -0.4 is 0 Å². The van der Waals surface area contributed by atoms with Crippen LogP contribution in [-0.2, 0) is 18.9 Å². The standard InChI is InChI=1S/C12H21N/c1-6-7-11-10(12(2,3)4)8-9-13(11)5/h8-9H,6-7H2,1-5H3. The number of hydrogen-bond donors (Lipinski definition) is 0. The molecule has 1 heteroatoms. The van der Waals surface area contributed by atoms with Gasteiger partial charge in [-0.1, -0.05) is 34.1 Å². The molecule has 1 aromatic heterocycles. The summed E-state index contributed by atoms with van der Waals surface area (Å²) < 4.78 is 2.25. The Morgan fingerprint density at radius 3 is 2.38 bits per heavy atom. The second-order valence-electron chi connectivity index (χ2n) is 4.79. The first-order valence-corrected chi connectivity index (χ1v) is 5.11. The first-order valence-electron chi connectivity index (χ1n) is 5.11. The third-order valence-corrected chi connectivity index (χ3v) is 2.50. The zero-order chi connectivity index (χ0) is 10.1. The van der Waals surface area contributed by atoms with Gasteiger partial charge in [0.15, 0.2) is 0 Å². The van der Waals surface area contributed by atoms with E-state index in [1.54, 1.807) is 0 Å². The largest absolute Gasteiger partial charge is 0.354 e. The van der Waals surface area contributed by atoms with Gasteiger partial charge in [-0.3, -0.25) is 0 Å². The van der Waals surface area contributed by atoms with Crippen LogP contribution in [0.4, 0.5) is 0 Å². The van der Waals surface area contributed by atoms with E-state index in [4.69, 9.17) is 0 Å². The van der Waals surface area contributed by atoms with Crippen LogP contribution >= 0.6 is 0 Å². The molecule has 0 N–H and O–H groups in total. The molecule has 0 fully saturated rings. The molecule has 1 nitrogen and oxygen atoms in total. The predicted molar refractivity (Wildman–Crippen MR) is 58.1 cm³/mol. The lowest BCUT2D eigenvalue weighted by atomic mass is 9.86. The summed E-state index contributed by atoms with van der Waals surface area (Å²) >= 11 is 0. The Bertz CT molecular complexity index is 276. The van der Waals surface area contributed by atoms with Gasteiger partial charge in [0.1, 0.15) is 0 Å². The molecule has 0 amide bonds. The van der Waals surface area contributed by atoms with Crippen molar-refractivity contribution in [1.82, 2.24) is 4.57 Å². The Kier molecular flexibility index (Phi) is 2.84. The summed E-state index contributed by atoms with van der Waals surface area (Å²) in [5.74, 6) is 0. The second-order valence-corrected chi connectivity index (χ2v) is 4.79. The summed E-state index contributed by atoms with van der Waals surface area (Å²) in [5, 5.41) is 0. The average molecular weight is 179 g/mol. The first-order chi connectivity index (χ1) is 5.96. The highest BCUT2D eigenvalue weighted by Gasteiger charge is 2.19. The number of nitrogens with zero attached hydrogens (tertiary/aromatic N) is 1. The van der Waals surface area contributed by atoms with Crippen molar-refractivity contribution in [3.63, 3.8) is 0 Å². The minimum absolute atomic E-state index is 0.283. The van der Waals surface area contributed by atoms with Gasteiger partial charge < -0.3 is 4.57 Å². The summed E-state index contributed by atoms with van der Waals surface area (Å²) in [4.78, 5) is 0. The Morgan fingerprint density at radius 1 is 1.31 bits per heavy atom. The number of aryl methyl sites for hydroxylation is 1. The SMILES string of the molecule is CCCc1c(C(C)(C)C)ccn1C. The highest BCUT2D eigenvalue weighted by Crippen LogP contribution is 2.27. The lowest BCUT2D eigenvalue weighted by Gasteiger charge is -2.20. The molecule has 0 spiro atoms. The van der Waals surface area contributed by atoms with E-state index >= 15 is 0 Å². The van der Waals surface area contributed by atoms with Gasteiger partial charge in [0.25, 0.3) is 0 Å². The van der Waals surface area contributed by atoms with Gasteiger partial charge in [0, 0.05) is 18.9 Å². The van der Waals surface area contributed by atoms with Gasteiger partial charge in [0.05, 0.1) is 0 Å². The molecule has 0 aliphatic rings. The van der Waals surface area contributed by atoms with Crippen LogP contribution in [0.2, 0.25) is 0 Å². The molecule has 0 atom stereocenters. The van der Waals surface area contributed by atoms with E-state index in [1.165, 1.54) is 24.1 Å². The van der Waals surface area contributed by atoms with Crippen LogP contribution in [0.5, 0.6) is 0 Å². The fraction of sp³-hybridized carbons (Fsp3) is 0.667. The van der Waals surface area contributed by atoms with Crippen LogP contribution in [0, 0.1) is 0 Å². The Hall–Kier alpha value is -0.720. The molecule has 1 aromatic rings. The molecule has 0 saturated heterocycles. The van der Waals surface area contributed by atoms with Crippen molar-refractivity contribution >= 4 is 0 Å². The normalized spacial score (nSPS) is 12.1. The molecular weight excluding hydrogens is 158 g/mol. The predicted octanol–water partition coefficient (Wildman–Crippen LogP) is 3.28. The van der Waals surface area contributed by atoms with Crippen molar-refractivity contribution in [1.29, 1.82) is 0 Å². The Balaban J connectivity index is 3.07. The molecular formula is C12H21N. The van der Waals surface area contributed by atoms with E-state index < -0.39 is 0 Å². The fourth-order valence-electron chi connectivity index (χ4n) is 1.79. The van der Waals surface area contributed by atoms with E-state index in [1.807, 2.05) is 0 Å². The van der Waals surface area contributed by atoms with E-state index in [0.29, 0.717) is 0 Å². The molecule has 1 heterocycles. The van der Waals surface area contributed by atoms with Crippen molar-refractivity contribution in [2.24, 2.45) is 7.05 Å². The lowest BCUT2D eigenvalue weighted by molar-refractivity contribution is 0.576. The van der Waals surface area contributed by atoms with Crippen molar-refractivity contribution in [3.05, 3.63) is 23.5 Å². The van der Waals surface area contributed by atoms with Crippen LogP contribution in [0.25, 0.3) is 0 Å². The third-order valence-electron chi connectivity index (χ3n) is 2.50. The summed E-state index contributed by atoms with van der Waals surface area (Å²) in [5.41, 5.74) is 3.28. The van der Waals surface area contributed by atoms with Crippen LogP contribution in [0.15, 0.2) is 12.3 Å². The monoisotopic (exact) mass is 179 g/mol. The molecule has 13 heavy (non-hydrogen) atoms. The molecule has 0 bridgehead atoms. The molecule has 1 rings (SSSR count). The van der Waals surface area contributed by atoms with E-state index in [2.05, 4.69) is 51.6 Å². The van der Waals surface area contributed by atoms with Gasteiger partial charge >= 0.3 is 0 Å². The van der Waals surface area contributed by atoms with E-state index in [-0.39, 0.29) is 5.41 Å². The summed E-state index contributed by atoms with van der Waals surface area (Å²) in [6.45, 7) is 9.07. The van der Waals surface area contributed by atoms with Gasteiger partial charge in [-0.15, -0.1) is 0 Å². The minimum atomic E-state index is 0.283. The van der Waals surface area contributed by atoms with Crippen LogP contribution in [0.1, 0.15) is 45.4 Å². The van der Waals surface area contributed by atoms with Gasteiger partial charge in [-0.05, 0) is 23.5 Å². The fourth-order valence-corrected chi connectivity index (χ4v) is 1.79. The molecule has 0 aliphatic carbocycles. The average Bonchev–Trinajstić information content (AvgIpc) is 2.32. The Morgan fingerprint density at radius 2 is 1.92 bits per heavy atom. The van der Waals surface area contributed by atoms with E-state index in [9.17, 15) is 0 Å². The summed E-state index contributed by atoms with van der Waals surface area (Å²) in [7, 11) is 2.14. The maximum absolute atomic E-state index is 2.28. The number of hydrogen-bond acceptors (Lipinski definition) is 0. The third kappa shape index (κ3) is 2.15. The van der Waals surface area contributed by atoms with Gasteiger partial charge in [-0.25, -0.2) is 0 Å².